The zero-order chi connectivity index (χ0) is 18.1. The summed E-state index contributed by atoms with van der Waals surface area (Å²) in [5.74, 6) is 0.835. The average molecular weight is 354 g/mol. The number of aromatic nitrogens is 2. The minimum Gasteiger partial charge on any atom is -0.494 e. The van der Waals surface area contributed by atoms with E-state index in [1.807, 2.05) is 42.4 Å². The van der Waals surface area contributed by atoms with E-state index in [0.29, 0.717) is 12.2 Å². The van der Waals surface area contributed by atoms with Gasteiger partial charge in [-0.15, -0.1) is 0 Å². The molecular weight excluding hydrogens is 328 g/mol. The molecule has 138 valence electrons. The maximum absolute atomic E-state index is 12.9. The topological polar surface area (TPSA) is 61.5 Å². The Morgan fingerprint density at radius 3 is 2.88 bits per heavy atom. The first-order chi connectivity index (χ1) is 12.6. The summed E-state index contributed by atoms with van der Waals surface area (Å²) in [6, 6.07) is 7.48. The van der Waals surface area contributed by atoms with Crippen LogP contribution in [-0.4, -0.2) is 59.0 Å². The lowest BCUT2D eigenvalue weighted by Gasteiger charge is -2.49. The van der Waals surface area contributed by atoms with Crippen LogP contribution in [0.1, 0.15) is 41.5 Å². The van der Waals surface area contributed by atoms with Crippen LogP contribution >= 0.6 is 0 Å². The van der Waals surface area contributed by atoms with Crippen LogP contribution in [0.5, 0.6) is 5.75 Å². The zero-order valence-corrected chi connectivity index (χ0v) is 15.5. The van der Waals surface area contributed by atoms with Crippen LogP contribution in [0.15, 0.2) is 30.6 Å². The van der Waals surface area contributed by atoms with Gasteiger partial charge < -0.3 is 14.6 Å². The zero-order valence-electron chi connectivity index (χ0n) is 15.5. The van der Waals surface area contributed by atoms with Crippen molar-refractivity contribution in [2.24, 2.45) is 0 Å². The van der Waals surface area contributed by atoms with Crippen LogP contribution < -0.4 is 4.74 Å². The fourth-order valence-electron chi connectivity index (χ4n) is 4.35. The smallest absolute Gasteiger partial charge is 0.253 e. The van der Waals surface area contributed by atoms with Crippen LogP contribution in [0.3, 0.4) is 0 Å². The summed E-state index contributed by atoms with van der Waals surface area (Å²) in [6.07, 6.45) is 4.65. The monoisotopic (exact) mass is 354 g/mol. The number of aromatic amines is 1. The molecule has 0 unspecified atom stereocenters. The first kappa shape index (κ1) is 17.1. The molecule has 4 rings (SSSR count). The molecule has 2 aliphatic rings. The van der Waals surface area contributed by atoms with Gasteiger partial charge in [0.2, 0.25) is 0 Å². The van der Waals surface area contributed by atoms with E-state index in [4.69, 9.17) is 4.74 Å². The minimum absolute atomic E-state index is 0.0441. The molecule has 3 heterocycles. The average Bonchev–Trinajstić information content (AvgIpc) is 3.15. The van der Waals surface area contributed by atoms with Crippen molar-refractivity contribution in [3.8, 4) is 5.75 Å². The van der Waals surface area contributed by atoms with E-state index >= 15 is 0 Å². The summed E-state index contributed by atoms with van der Waals surface area (Å²) in [5.41, 5.74) is 3.09. The van der Waals surface area contributed by atoms with Gasteiger partial charge in [-0.05, 0) is 45.0 Å². The molecule has 1 spiro atoms. The molecule has 1 aromatic carbocycles. The van der Waals surface area contributed by atoms with Crippen molar-refractivity contribution in [3.05, 3.63) is 47.5 Å². The van der Waals surface area contributed by atoms with E-state index in [0.717, 1.165) is 44.6 Å². The van der Waals surface area contributed by atoms with Crippen LogP contribution in [0.2, 0.25) is 0 Å². The number of benzene rings is 1. The SMILES string of the molecule is CCOc1cccc(C(=O)N2CCC3(CC2)c2nc[nH]c2CCN3C)c1. The molecule has 1 amide bonds. The molecule has 0 bridgehead atoms. The molecule has 0 aliphatic carbocycles. The second-order valence-electron chi connectivity index (χ2n) is 7.19. The number of likely N-dealkylation sites (tertiary alicyclic amines) is 1. The fourth-order valence-corrected chi connectivity index (χ4v) is 4.35. The number of H-pyrrole nitrogens is 1. The van der Waals surface area contributed by atoms with Crippen molar-refractivity contribution in [2.45, 2.75) is 31.7 Å². The van der Waals surface area contributed by atoms with Gasteiger partial charge in [-0.1, -0.05) is 6.07 Å². The Morgan fingerprint density at radius 1 is 1.31 bits per heavy atom. The number of carbonyl (C=O) groups excluding carboxylic acids is 1. The summed E-state index contributed by atoms with van der Waals surface area (Å²) >= 11 is 0. The number of hydrogen-bond acceptors (Lipinski definition) is 4. The fraction of sp³-hybridized carbons (Fsp3) is 0.500. The van der Waals surface area contributed by atoms with Crippen molar-refractivity contribution in [2.75, 3.05) is 33.3 Å². The van der Waals surface area contributed by atoms with Crippen molar-refractivity contribution >= 4 is 5.91 Å². The molecular formula is C20H26N4O2. The van der Waals surface area contributed by atoms with Gasteiger partial charge in [0.15, 0.2) is 0 Å². The molecule has 2 aromatic rings. The Balaban J connectivity index is 1.50. The third kappa shape index (κ3) is 2.78. The van der Waals surface area contributed by atoms with Gasteiger partial charge in [-0.3, -0.25) is 9.69 Å². The first-order valence-corrected chi connectivity index (χ1v) is 9.40. The van der Waals surface area contributed by atoms with Gasteiger partial charge in [0.05, 0.1) is 24.2 Å². The van der Waals surface area contributed by atoms with Gasteiger partial charge in [-0.2, -0.15) is 0 Å². The molecule has 0 atom stereocenters. The van der Waals surface area contributed by atoms with Crippen LogP contribution in [-0.2, 0) is 12.0 Å². The second kappa shape index (κ2) is 6.76. The predicted molar refractivity (Wildman–Crippen MR) is 99.3 cm³/mol. The number of nitrogens with zero attached hydrogens (tertiary/aromatic N) is 3. The number of imidazole rings is 1. The number of likely N-dealkylation sites (N-methyl/N-ethyl adjacent to an activating group) is 1. The number of amides is 1. The van der Waals surface area contributed by atoms with Gasteiger partial charge in [0.25, 0.3) is 5.91 Å². The number of carbonyl (C=O) groups is 1. The molecule has 6 nitrogen and oxygen atoms in total. The molecule has 0 saturated carbocycles. The molecule has 2 aliphatic heterocycles. The Labute approximate surface area is 154 Å². The van der Waals surface area contributed by atoms with Crippen LogP contribution in [0.25, 0.3) is 0 Å². The highest BCUT2D eigenvalue weighted by atomic mass is 16.5. The van der Waals surface area contributed by atoms with E-state index < -0.39 is 0 Å². The lowest BCUT2D eigenvalue weighted by Crippen LogP contribution is -2.55. The highest BCUT2D eigenvalue weighted by Crippen LogP contribution is 2.41. The third-order valence-corrected chi connectivity index (χ3v) is 5.86. The predicted octanol–water partition coefficient (Wildman–Crippen LogP) is 2.43. The van der Waals surface area contributed by atoms with Crippen molar-refractivity contribution < 1.29 is 9.53 Å². The van der Waals surface area contributed by atoms with E-state index in [1.165, 1.54) is 11.4 Å². The first-order valence-electron chi connectivity index (χ1n) is 9.40. The third-order valence-electron chi connectivity index (χ3n) is 5.86. The van der Waals surface area contributed by atoms with Crippen LogP contribution in [0, 0.1) is 0 Å². The maximum Gasteiger partial charge on any atom is 0.253 e. The van der Waals surface area contributed by atoms with Crippen molar-refractivity contribution in [1.82, 2.24) is 19.8 Å². The maximum atomic E-state index is 12.9. The highest BCUT2D eigenvalue weighted by Gasteiger charge is 2.45. The van der Waals surface area contributed by atoms with Crippen LogP contribution in [0.4, 0.5) is 0 Å². The summed E-state index contributed by atoms with van der Waals surface area (Å²) in [7, 11) is 2.18. The number of ether oxygens (including phenoxy) is 1. The van der Waals surface area contributed by atoms with Gasteiger partial charge >= 0.3 is 0 Å². The Morgan fingerprint density at radius 2 is 2.12 bits per heavy atom. The summed E-state index contributed by atoms with van der Waals surface area (Å²) in [6.45, 7) is 5.06. The molecule has 1 N–H and O–H groups in total. The largest absolute Gasteiger partial charge is 0.494 e. The number of fused-ring (bicyclic) bond motifs is 2. The molecule has 6 heteroatoms. The summed E-state index contributed by atoms with van der Waals surface area (Å²) in [5, 5.41) is 0. The number of rotatable bonds is 3. The van der Waals surface area contributed by atoms with Crippen molar-refractivity contribution in [1.29, 1.82) is 0 Å². The van der Waals surface area contributed by atoms with E-state index in [9.17, 15) is 4.79 Å². The van der Waals surface area contributed by atoms with Gasteiger partial charge in [0.1, 0.15) is 5.75 Å². The molecule has 1 aromatic heterocycles. The number of nitrogens with one attached hydrogen (secondary N) is 1. The van der Waals surface area contributed by atoms with E-state index in [1.54, 1.807) is 0 Å². The lowest BCUT2D eigenvalue weighted by atomic mass is 9.79. The Hall–Kier alpha value is -2.34. The Bertz CT molecular complexity index is 793. The molecule has 1 fully saturated rings. The Kier molecular flexibility index (Phi) is 4.44. The van der Waals surface area contributed by atoms with Gasteiger partial charge in [0, 0.05) is 37.3 Å². The normalized spacial score (nSPS) is 19.4. The molecule has 26 heavy (non-hydrogen) atoms. The number of hydrogen-bond donors (Lipinski definition) is 1. The minimum atomic E-state index is -0.0441. The quantitative estimate of drug-likeness (QED) is 0.920. The lowest BCUT2D eigenvalue weighted by molar-refractivity contribution is 0.0225. The standard InChI is InChI=1S/C20H26N4O2/c1-3-26-16-6-4-5-15(13-16)19(25)24-11-8-20(9-12-24)18-17(21-14-22-18)7-10-23(20)2/h4-6,13-14H,3,7-12H2,1-2H3,(H,21,22). The van der Waals surface area contributed by atoms with Crippen molar-refractivity contribution in [3.63, 3.8) is 0 Å². The summed E-state index contributed by atoms with van der Waals surface area (Å²) in [4.78, 5) is 25.2. The highest BCUT2D eigenvalue weighted by molar-refractivity contribution is 5.94. The van der Waals surface area contributed by atoms with E-state index in [2.05, 4.69) is 21.9 Å². The summed E-state index contributed by atoms with van der Waals surface area (Å²) < 4.78 is 5.53. The second-order valence-corrected chi connectivity index (χ2v) is 7.19. The van der Waals surface area contributed by atoms with Gasteiger partial charge in [-0.25, -0.2) is 4.98 Å². The number of piperidine rings is 1. The molecule has 1 saturated heterocycles. The van der Waals surface area contributed by atoms with E-state index in [-0.39, 0.29) is 11.4 Å². The molecule has 0 radical (unpaired) electrons.